The van der Waals surface area contributed by atoms with Gasteiger partial charge in [-0.25, -0.2) is 0 Å². The zero-order valence-corrected chi connectivity index (χ0v) is 14.8. The predicted octanol–water partition coefficient (Wildman–Crippen LogP) is 4.70. The molecule has 136 valence electrons. The molecule has 3 aromatic carbocycles. The highest BCUT2D eigenvalue weighted by atomic mass is 16.5. The van der Waals surface area contributed by atoms with Crippen LogP contribution < -0.4 is 14.8 Å². The number of ketones is 1. The summed E-state index contributed by atoms with van der Waals surface area (Å²) in [5.74, 6) is 1.63. The maximum Gasteiger partial charge on any atom is 0.262 e. The average molecular weight is 361 g/mol. The van der Waals surface area contributed by atoms with E-state index in [1.165, 1.54) is 6.92 Å². The van der Waals surface area contributed by atoms with Gasteiger partial charge in [0.15, 0.2) is 12.4 Å². The Morgan fingerprint density at radius 2 is 1.48 bits per heavy atom. The lowest BCUT2D eigenvalue weighted by Crippen LogP contribution is -2.20. The van der Waals surface area contributed by atoms with Crippen molar-refractivity contribution in [2.24, 2.45) is 0 Å². The number of carbonyl (C=O) groups excluding carboxylic acids is 2. The summed E-state index contributed by atoms with van der Waals surface area (Å²) >= 11 is 0. The third-order valence-corrected chi connectivity index (χ3v) is 3.73. The zero-order valence-electron chi connectivity index (χ0n) is 14.8. The van der Waals surface area contributed by atoms with Crippen molar-refractivity contribution >= 4 is 17.4 Å². The lowest BCUT2D eigenvalue weighted by atomic mass is 10.1. The van der Waals surface area contributed by atoms with Crippen LogP contribution in [0.3, 0.4) is 0 Å². The predicted molar refractivity (Wildman–Crippen MR) is 104 cm³/mol. The molecule has 0 spiro atoms. The molecule has 3 rings (SSSR count). The van der Waals surface area contributed by atoms with Crippen molar-refractivity contribution < 1.29 is 19.1 Å². The zero-order chi connectivity index (χ0) is 19.1. The topological polar surface area (TPSA) is 64.6 Å². The Kier molecular flexibility index (Phi) is 5.84. The van der Waals surface area contributed by atoms with Crippen molar-refractivity contribution in [3.05, 3.63) is 84.4 Å². The molecule has 0 fully saturated rings. The van der Waals surface area contributed by atoms with E-state index in [1.807, 2.05) is 30.3 Å². The van der Waals surface area contributed by atoms with E-state index in [0.717, 1.165) is 5.75 Å². The molecule has 1 amide bonds. The van der Waals surface area contributed by atoms with Crippen LogP contribution in [0.2, 0.25) is 0 Å². The first-order chi connectivity index (χ1) is 13.1. The first-order valence-electron chi connectivity index (χ1n) is 8.47. The standard InChI is InChI=1S/C22H19NO4/c1-16(24)17-6-5-7-18(14-17)23-22(25)15-26-19-10-12-21(13-11-19)27-20-8-3-2-4-9-20/h2-14H,15H2,1H3,(H,23,25). The summed E-state index contributed by atoms with van der Waals surface area (Å²) in [6.45, 7) is 1.35. The maximum atomic E-state index is 12.0. The summed E-state index contributed by atoms with van der Waals surface area (Å²) < 4.78 is 11.2. The van der Waals surface area contributed by atoms with Gasteiger partial charge in [0.05, 0.1) is 0 Å². The van der Waals surface area contributed by atoms with Gasteiger partial charge >= 0.3 is 0 Å². The summed E-state index contributed by atoms with van der Waals surface area (Å²) in [6.07, 6.45) is 0. The molecular weight excluding hydrogens is 342 g/mol. The SMILES string of the molecule is CC(=O)c1cccc(NC(=O)COc2ccc(Oc3ccccc3)cc2)c1. The molecule has 0 atom stereocenters. The van der Waals surface area contributed by atoms with Crippen molar-refractivity contribution in [3.63, 3.8) is 0 Å². The van der Waals surface area contributed by atoms with Crippen molar-refractivity contribution in [1.29, 1.82) is 0 Å². The summed E-state index contributed by atoms with van der Waals surface area (Å²) in [7, 11) is 0. The molecule has 0 unspecified atom stereocenters. The second-order valence-corrected chi connectivity index (χ2v) is 5.86. The molecule has 0 saturated carbocycles. The molecule has 0 bridgehead atoms. The van der Waals surface area contributed by atoms with Crippen LogP contribution in [-0.4, -0.2) is 18.3 Å². The third kappa shape index (κ3) is 5.44. The number of anilines is 1. The van der Waals surface area contributed by atoms with Crippen LogP contribution in [0.25, 0.3) is 0 Å². The van der Waals surface area contributed by atoms with Gasteiger partial charge in [0.2, 0.25) is 0 Å². The van der Waals surface area contributed by atoms with E-state index in [-0.39, 0.29) is 18.3 Å². The third-order valence-electron chi connectivity index (χ3n) is 3.73. The molecule has 0 radical (unpaired) electrons. The minimum Gasteiger partial charge on any atom is -0.484 e. The number of Topliss-reactive ketones (excluding diaryl/α,β-unsaturated/α-hetero) is 1. The Morgan fingerprint density at radius 3 is 2.19 bits per heavy atom. The molecule has 0 aliphatic rings. The molecule has 5 nitrogen and oxygen atoms in total. The molecule has 27 heavy (non-hydrogen) atoms. The Bertz CT molecular complexity index is 921. The Morgan fingerprint density at radius 1 is 0.815 bits per heavy atom. The van der Waals surface area contributed by atoms with Crippen molar-refractivity contribution in [2.45, 2.75) is 6.92 Å². The number of amides is 1. The number of para-hydroxylation sites is 1. The molecule has 0 aliphatic heterocycles. The second kappa shape index (κ2) is 8.67. The van der Waals surface area contributed by atoms with E-state index < -0.39 is 0 Å². The fraction of sp³-hybridized carbons (Fsp3) is 0.0909. The molecular formula is C22H19NO4. The normalized spacial score (nSPS) is 10.1. The highest BCUT2D eigenvalue weighted by Crippen LogP contribution is 2.23. The molecule has 5 heteroatoms. The lowest BCUT2D eigenvalue weighted by Gasteiger charge is -2.09. The van der Waals surface area contributed by atoms with Crippen LogP contribution in [0, 0.1) is 0 Å². The summed E-state index contributed by atoms with van der Waals surface area (Å²) in [4.78, 5) is 23.4. The van der Waals surface area contributed by atoms with Gasteiger partial charge in [0.1, 0.15) is 17.2 Å². The molecule has 0 aromatic heterocycles. The number of carbonyl (C=O) groups is 2. The largest absolute Gasteiger partial charge is 0.484 e. The Balaban J connectivity index is 1.51. The van der Waals surface area contributed by atoms with Gasteiger partial charge in [0.25, 0.3) is 5.91 Å². The van der Waals surface area contributed by atoms with E-state index in [1.54, 1.807) is 48.5 Å². The van der Waals surface area contributed by atoms with Crippen LogP contribution in [0.1, 0.15) is 17.3 Å². The minimum atomic E-state index is -0.305. The van der Waals surface area contributed by atoms with Crippen molar-refractivity contribution in [3.8, 4) is 17.2 Å². The minimum absolute atomic E-state index is 0.0554. The molecule has 0 aliphatic carbocycles. The number of rotatable bonds is 7. The maximum absolute atomic E-state index is 12.0. The number of ether oxygens (including phenoxy) is 2. The number of hydrogen-bond donors (Lipinski definition) is 1. The Labute approximate surface area is 157 Å². The van der Waals surface area contributed by atoms with E-state index in [2.05, 4.69) is 5.32 Å². The van der Waals surface area contributed by atoms with Gasteiger partial charge in [-0.1, -0.05) is 30.3 Å². The van der Waals surface area contributed by atoms with E-state index in [9.17, 15) is 9.59 Å². The lowest BCUT2D eigenvalue weighted by molar-refractivity contribution is -0.118. The van der Waals surface area contributed by atoms with Gasteiger partial charge in [-0.3, -0.25) is 9.59 Å². The molecule has 0 heterocycles. The average Bonchev–Trinajstić information content (AvgIpc) is 2.68. The van der Waals surface area contributed by atoms with Crippen LogP contribution in [0.5, 0.6) is 17.2 Å². The van der Waals surface area contributed by atoms with Gasteiger partial charge in [0, 0.05) is 11.3 Å². The highest BCUT2D eigenvalue weighted by Gasteiger charge is 2.06. The Hall–Kier alpha value is -3.60. The van der Waals surface area contributed by atoms with E-state index in [0.29, 0.717) is 22.7 Å². The highest BCUT2D eigenvalue weighted by molar-refractivity contribution is 5.97. The van der Waals surface area contributed by atoms with Crippen LogP contribution in [-0.2, 0) is 4.79 Å². The van der Waals surface area contributed by atoms with Gasteiger partial charge < -0.3 is 14.8 Å². The number of nitrogens with one attached hydrogen (secondary N) is 1. The number of benzene rings is 3. The number of hydrogen-bond acceptors (Lipinski definition) is 4. The molecule has 1 N–H and O–H groups in total. The molecule has 0 saturated heterocycles. The smallest absolute Gasteiger partial charge is 0.262 e. The van der Waals surface area contributed by atoms with E-state index >= 15 is 0 Å². The fourth-order valence-corrected chi connectivity index (χ4v) is 2.39. The van der Waals surface area contributed by atoms with Crippen LogP contribution in [0.15, 0.2) is 78.9 Å². The summed E-state index contributed by atoms with van der Waals surface area (Å²) in [5.41, 5.74) is 1.10. The van der Waals surface area contributed by atoms with Gasteiger partial charge in [-0.05, 0) is 55.5 Å². The van der Waals surface area contributed by atoms with Crippen molar-refractivity contribution in [1.82, 2.24) is 0 Å². The summed E-state index contributed by atoms with van der Waals surface area (Å²) in [5, 5.41) is 2.71. The van der Waals surface area contributed by atoms with Gasteiger partial charge in [-0.15, -0.1) is 0 Å². The summed E-state index contributed by atoms with van der Waals surface area (Å²) in [6, 6.07) is 23.3. The first kappa shape index (κ1) is 18.2. The quantitative estimate of drug-likeness (QED) is 0.620. The van der Waals surface area contributed by atoms with Crippen LogP contribution >= 0.6 is 0 Å². The van der Waals surface area contributed by atoms with Crippen molar-refractivity contribution in [2.75, 3.05) is 11.9 Å². The van der Waals surface area contributed by atoms with Gasteiger partial charge in [-0.2, -0.15) is 0 Å². The first-order valence-corrected chi connectivity index (χ1v) is 8.47. The monoisotopic (exact) mass is 361 g/mol. The fourth-order valence-electron chi connectivity index (χ4n) is 2.39. The second-order valence-electron chi connectivity index (χ2n) is 5.86. The van der Waals surface area contributed by atoms with Crippen LogP contribution in [0.4, 0.5) is 5.69 Å². The van der Waals surface area contributed by atoms with E-state index in [4.69, 9.17) is 9.47 Å². The molecule has 3 aromatic rings.